The lowest BCUT2D eigenvalue weighted by atomic mass is 10.1. The number of rotatable bonds is 1. The smallest absolute Gasteiger partial charge is 0.263 e. The zero-order valence-electron chi connectivity index (χ0n) is 9.64. The van der Waals surface area contributed by atoms with Crippen LogP contribution in [0, 0.1) is 0 Å². The summed E-state index contributed by atoms with van der Waals surface area (Å²) in [6.45, 7) is 0.618. The standard InChI is InChI=1S/C12H12N2O3S/c15-10-9(3-1-2-4-13-10)14-11(16)7-5-18-6-8(7)12(14)17/h5-6,9H,1-4H2,(H,13,15). The molecule has 0 saturated carbocycles. The fourth-order valence-electron chi connectivity index (χ4n) is 2.43. The summed E-state index contributed by atoms with van der Waals surface area (Å²) in [5.74, 6) is -0.889. The van der Waals surface area contributed by atoms with Crippen LogP contribution >= 0.6 is 11.3 Å². The first-order valence-corrected chi connectivity index (χ1v) is 6.86. The maximum Gasteiger partial charge on any atom is 0.263 e. The summed E-state index contributed by atoms with van der Waals surface area (Å²) >= 11 is 1.33. The van der Waals surface area contributed by atoms with Gasteiger partial charge >= 0.3 is 0 Å². The van der Waals surface area contributed by atoms with Gasteiger partial charge in [-0.2, -0.15) is 11.3 Å². The molecular formula is C12H12N2O3S. The maximum atomic E-state index is 12.2. The summed E-state index contributed by atoms with van der Waals surface area (Å²) in [6.07, 6.45) is 2.28. The van der Waals surface area contributed by atoms with Gasteiger partial charge < -0.3 is 5.32 Å². The third kappa shape index (κ3) is 1.56. The molecule has 0 aromatic carbocycles. The second-order valence-electron chi connectivity index (χ2n) is 4.48. The van der Waals surface area contributed by atoms with E-state index in [4.69, 9.17) is 0 Å². The lowest BCUT2D eigenvalue weighted by molar-refractivity contribution is -0.124. The van der Waals surface area contributed by atoms with Crippen molar-refractivity contribution in [1.29, 1.82) is 0 Å². The molecule has 2 aliphatic rings. The van der Waals surface area contributed by atoms with Gasteiger partial charge in [0, 0.05) is 17.3 Å². The van der Waals surface area contributed by atoms with Crippen LogP contribution in [0.15, 0.2) is 10.8 Å². The Morgan fingerprint density at radius 2 is 1.78 bits per heavy atom. The lowest BCUT2D eigenvalue weighted by Gasteiger charge is -2.23. The number of fused-ring (bicyclic) bond motifs is 1. The second-order valence-corrected chi connectivity index (χ2v) is 5.23. The van der Waals surface area contributed by atoms with E-state index in [2.05, 4.69) is 5.32 Å². The van der Waals surface area contributed by atoms with Crippen molar-refractivity contribution in [3.8, 4) is 0 Å². The third-order valence-electron chi connectivity index (χ3n) is 3.38. The summed E-state index contributed by atoms with van der Waals surface area (Å²) in [5, 5.41) is 6.09. The van der Waals surface area contributed by atoms with Crippen LogP contribution < -0.4 is 5.32 Å². The minimum absolute atomic E-state index is 0.219. The summed E-state index contributed by atoms with van der Waals surface area (Å²) < 4.78 is 0. The molecule has 0 spiro atoms. The van der Waals surface area contributed by atoms with Gasteiger partial charge in [-0.1, -0.05) is 0 Å². The fraction of sp³-hybridized carbons (Fsp3) is 0.417. The highest BCUT2D eigenvalue weighted by Gasteiger charge is 2.43. The van der Waals surface area contributed by atoms with Crippen molar-refractivity contribution >= 4 is 29.1 Å². The van der Waals surface area contributed by atoms with E-state index in [-0.39, 0.29) is 17.7 Å². The predicted octanol–water partition coefficient (Wildman–Crippen LogP) is 1.01. The molecule has 1 aromatic rings. The van der Waals surface area contributed by atoms with Gasteiger partial charge in [0.2, 0.25) is 5.91 Å². The Morgan fingerprint density at radius 3 is 2.44 bits per heavy atom. The molecule has 18 heavy (non-hydrogen) atoms. The van der Waals surface area contributed by atoms with Crippen molar-refractivity contribution in [2.45, 2.75) is 25.3 Å². The van der Waals surface area contributed by atoms with Gasteiger partial charge in [-0.3, -0.25) is 19.3 Å². The number of carbonyl (C=O) groups excluding carboxylic acids is 3. The number of hydrogen-bond acceptors (Lipinski definition) is 4. The molecule has 0 radical (unpaired) electrons. The minimum Gasteiger partial charge on any atom is -0.354 e. The van der Waals surface area contributed by atoms with Gasteiger partial charge in [0.05, 0.1) is 11.1 Å². The van der Waals surface area contributed by atoms with E-state index < -0.39 is 6.04 Å². The molecule has 1 N–H and O–H groups in total. The molecule has 1 saturated heterocycles. The molecule has 1 fully saturated rings. The lowest BCUT2D eigenvalue weighted by Crippen LogP contribution is -2.48. The van der Waals surface area contributed by atoms with Crippen molar-refractivity contribution in [3.05, 3.63) is 21.9 Å². The van der Waals surface area contributed by atoms with Crippen molar-refractivity contribution in [2.24, 2.45) is 0 Å². The van der Waals surface area contributed by atoms with E-state index in [1.165, 1.54) is 11.3 Å². The van der Waals surface area contributed by atoms with Crippen molar-refractivity contribution < 1.29 is 14.4 Å². The molecule has 5 nitrogen and oxygen atoms in total. The molecular weight excluding hydrogens is 252 g/mol. The van der Waals surface area contributed by atoms with Crippen LogP contribution in [0.3, 0.4) is 0 Å². The number of thiophene rings is 1. The SMILES string of the molecule is O=C1NCCCCC1N1C(=O)c2cscc2C1=O. The molecule has 1 aromatic heterocycles. The first-order chi connectivity index (χ1) is 8.70. The predicted molar refractivity (Wildman–Crippen MR) is 65.5 cm³/mol. The van der Waals surface area contributed by atoms with Crippen molar-refractivity contribution in [3.63, 3.8) is 0 Å². The van der Waals surface area contributed by atoms with Gasteiger partial charge in [0.15, 0.2) is 0 Å². The molecule has 1 atom stereocenters. The highest BCUT2D eigenvalue weighted by Crippen LogP contribution is 2.29. The summed E-state index contributed by atoms with van der Waals surface area (Å²) in [7, 11) is 0. The number of imide groups is 1. The van der Waals surface area contributed by atoms with Gasteiger partial charge in [-0.05, 0) is 19.3 Å². The fourth-order valence-corrected chi connectivity index (χ4v) is 3.23. The Kier molecular flexibility index (Phi) is 2.66. The Bertz CT molecular complexity index is 507. The second kappa shape index (κ2) is 4.20. The zero-order valence-corrected chi connectivity index (χ0v) is 10.5. The van der Waals surface area contributed by atoms with E-state index in [9.17, 15) is 14.4 Å². The molecule has 3 rings (SSSR count). The Balaban J connectivity index is 1.94. The van der Waals surface area contributed by atoms with Crippen LogP contribution in [0.1, 0.15) is 40.0 Å². The Morgan fingerprint density at radius 1 is 1.11 bits per heavy atom. The number of nitrogens with zero attached hydrogens (tertiary/aromatic N) is 1. The number of carbonyl (C=O) groups is 3. The van der Waals surface area contributed by atoms with Crippen molar-refractivity contribution in [2.75, 3.05) is 6.54 Å². The highest BCUT2D eigenvalue weighted by atomic mass is 32.1. The van der Waals surface area contributed by atoms with Crippen LogP contribution in [0.5, 0.6) is 0 Å². The van der Waals surface area contributed by atoms with E-state index in [0.29, 0.717) is 24.1 Å². The van der Waals surface area contributed by atoms with Crippen LogP contribution in [0.4, 0.5) is 0 Å². The van der Waals surface area contributed by atoms with Gasteiger partial charge in [-0.15, -0.1) is 0 Å². The topological polar surface area (TPSA) is 66.5 Å². The quantitative estimate of drug-likeness (QED) is 0.770. The first kappa shape index (κ1) is 11.4. The summed E-state index contributed by atoms with van der Waals surface area (Å²) in [5.41, 5.74) is 0.865. The van der Waals surface area contributed by atoms with Gasteiger partial charge in [-0.25, -0.2) is 0 Å². The number of amides is 3. The zero-order chi connectivity index (χ0) is 12.7. The largest absolute Gasteiger partial charge is 0.354 e. The molecule has 94 valence electrons. The highest BCUT2D eigenvalue weighted by molar-refractivity contribution is 7.08. The normalized spacial score (nSPS) is 23.9. The number of hydrogen-bond donors (Lipinski definition) is 1. The van der Waals surface area contributed by atoms with Crippen LogP contribution in [-0.2, 0) is 4.79 Å². The van der Waals surface area contributed by atoms with Gasteiger partial charge in [0.1, 0.15) is 6.04 Å². The average molecular weight is 264 g/mol. The third-order valence-corrected chi connectivity index (χ3v) is 4.12. The van der Waals surface area contributed by atoms with Crippen LogP contribution in [0.25, 0.3) is 0 Å². The molecule has 1 unspecified atom stereocenters. The maximum absolute atomic E-state index is 12.2. The first-order valence-electron chi connectivity index (χ1n) is 5.92. The molecule has 3 heterocycles. The monoisotopic (exact) mass is 264 g/mol. The molecule has 0 bridgehead atoms. The molecule has 0 aliphatic carbocycles. The van der Waals surface area contributed by atoms with E-state index in [1.807, 2.05) is 0 Å². The average Bonchev–Trinajstić information content (AvgIpc) is 2.84. The van der Waals surface area contributed by atoms with Gasteiger partial charge in [0.25, 0.3) is 11.8 Å². The van der Waals surface area contributed by atoms with Crippen LogP contribution in [0.2, 0.25) is 0 Å². The summed E-state index contributed by atoms with van der Waals surface area (Å²) in [4.78, 5) is 37.3. The molecule has 3 amide bonds. The molecule has 2 aliphatic heterocycles. The Labute approximate surface area is 108 Å². The summed E-state index contributed by atoms with van der Waals surface area (Å²) in [6, 6.07) is -0.648. The van der Waals surface area contributed by atoms with Crippen molar-refractivity contribution in [1.82, 2.24) is 10.2 Å². The van der Waals surface area contributed by atoms with E-state index in [0.717, 1.165) is 17.7 Å². The minimum atomic E-state index is -0.648. The Hall–Kier alpha value is -1.69. The van der Waals surface area contributed by atoms with E-state index in [1.54, 1.807) is 10.8 Å². The van der Waals surface area contributed by atoms with Crippen LogP contribution in [-0.4, -0.2) is 35.2 Å². The number of nitrogens with one attached hydrogen (secondary N) is 1. The van der Waals surface area contributed by atoms with E-state index >= 15 is 0 Å². The molecule has 6 heteroatoms.